The number of nitrogens with zero attached hydrogens (tertiary/aromatic N) is 3. The van der Waals surface area contributed by atoms with E-state index in [1.165, 1.54) is 22.2 Å². The third-order valence-corrected chi connectivity index (χ3v) is 5.86. The van der Waals surface area contributed by atoms with E-state index in [1.807, 2.05) is 51.1 Å². The Kier molecular flexibility index (Phi) is 4.68. The lowest BCUT2D eigenvalue weighted by Gasteiger charge is -2.09. The van der Waals surface area contributed by atoms with E-state index < -0.39 is 0 Å². The van der Waals surface area contributed by atoms with Gasteiger partial charge in [-0.1, -0.05) is 24.3 Å². The van der Waals surface area contributed by atoms with Gasteiger partial charge < -0.3 is 5.32 Å². The van der Waals surface area contributed by atoms with Crippen LogP contribution in [0.2, 0.25) is 0 Å². The Morgan fingerprint density at radius 2 is 1.96 bits per heavy atom. The minimum atomic E-state index is -0.224. The molecule has 1 N–H and O–H groups in total. The second-order valence-corrected chi connectivity index (χ2v) is 7.92. The number of aromatic nitrogens is 3. The standard InChI is InChI=1S/C21H20N4O2S/c1-12-6-4-5-7-15(12)9-22-16(26)10-25-11-23-18-17-13(2)8-14(3)24-20(17)28-19(18)21(25)27/h4-8,11H,9-10H2,1-3H3,(H,22,26). The Labute approximate surface area is 165 Å². The van der Waals surface area contributed by atoms with Crippen LogP contribution in [0.25, 0.3) is 20.4 Å². The molecule has 0 aliphatic rings. The maximum absolute atomic E-state index is 12.9. The van der Waals surface area contributed by atoms with Gasteiger partial charge in [0.1, 0.15) is 16.1 Å². The fourth-order valence-electron chi connectivity index (χ4n) is 3.33. The number of carbonyl (C=O) groups is 1. The van der Waals surface area contributed by atoms with E-state index >= 15 is 0 Å². The molecular formula is C21H20N4O2S. The second-order valence-electron chi connectivity index (χ2n) is 6.92. The van der Waals surface area contributed by atoms with E-state index in [-0.39, 0.29) is 18.0 Å². The predicted molar refractivity (Wildman–Crippen MR) is 112 cm³/mol. The number of hydrogen-bond donors (Lipinski definition) is 1. The van der Waals surface area contributed by atoms with E-state index in [0.717, 1.165) is 32.6 Å². The molecule has 0 unspecified atom stereocenters. The van der Waals surface area contributed by atoms with E-state index in [1.54, 1.807) is 0 Å². The molecule has 1 aromatic carbocycles. The first kappa shape index (κ1) is 18.3. The predicted octanol–water partition coefficient (Wildman–Crippen LogP) is 3.25. The van der Waals surface area contributed by atoms with Crippen molar-refractivity contribution in [3.8, 4) is 0 Å². The smallest absolute Gasteiger partial charge is 0.271 e. The number of hydrogen-bond acceptors (Lipinski definition) is 5. The van der Waals surface area contributed by atoms with Crippen molar-refractivity contribution >= 4 is 37.7 Å². The van der Waals surface area contributed by atoms with Crippen LogP contribution in [0.5, 0.6) is 0 Å². The summed E-state index contributed by atoms with van der Waals surface area (Å²) in [4.78, 5) is 35.0. The number of rotatable bonds is 4. The Morgan fingerprint density at radius 3 is 2.75 bits per heavy atom. The van der Waals surface area contributed by atoms with E-state index in [9.17, 15) is 9.59 Å². The number of carbonyl (C=O) groups excluding carboxylic acids is 1. The molecule has 0 fully saturated rings. The summed E-state index contributed by atoms with van der Waals surface area (Å²) >= 11 is 1.33. The summed E-state index contributed by atoms with van der Waals surface area (Å²) in [6.45, 7) is 6.30. The van der Waals surface area contributed by atoms with Gasteiger partial charge in [0.25, 0.3) is 5.56 Å². The SMILES string of the molecule is Cc1cc(C)c2c(n1)sc1c(=O)n(CC(=O)NCc3ccccc3C)cnc12. The van der Waals surface area contributed by atoms with Gasteiger partial charge in [-0.25, -0.2) is 9.97 Å². The molecule has 0 aliphatic heterocycles. The van der Waals surface area contributed by atoms with Crippen LogP contribution < -0.4 is 10.9 Å². The highest BCUT2D eigenvalue weighted by atomic mass is 32.1. The molecule has 0 saturated carbocycles. The zero-order valence-electron chi connectivity index (χ0n) is 15.9. The number of benzene rings is 1. The van der Waals surface area contributed by atoms with Gasteiger partial charge in [-0.2, -0.15) is 0 Å². The highest BCUT2D eigenvalue weighted by molar-refractivity contribution is 7.25. The summed E-state index contributed by atoms with van der Waals surface area (Å²) < 4.78 is 1.89. The molecule has 4 aromatic rings. The van der Waals surface area contributed by atoms with Gasteiger partial charge >= 0.3 is 0 Å². The highest BCUT2D eigenvalue weighted by Gasteiger charge is 2.16. The van der Waals surface area contributed by atoms with Gasteiger partial charge in [0, 0.05) is 17.6 Å². The van der Waals surface area contributed by atoms with Crippen LogP contribution in [0.1, 0.15) is 22.4 Å². The summed E-state index contributed by atoms with van der Waals surface area (Å²) in [5, 5.41) is 3.79. The normalized spacial score (nSPS) is 11.2. The van der Waals surface area contributed by atoms with Gasteiger partial charge in [0.15, 0.2) is 0 Å². The maximum atomic E-state index is 12.9. The van der Waals surface area contributed by atoms with Crippen molar-refractivity contribution in [1.82, 2.24) is 19.9 Å². The zero-order valence-corrected chi connectivity index (χ0v) is 16.8. The molecule has 0 bridgehead atoms. The Bertz CT molecular complexity index is 1270. The molecule has 3 aromatic heterocycles. The summed E-state index contributed by atoms with van der Waals surface area (Å²) in [7, 11) is 0. The molecule has 6 nitrogen and oxygen atoms in total. The van der Waals surface area contributed by atoms with Crippen molar-refractivity contribution in [3.05, 3.63) is 69.4 Å². The molecule has 142 valence electrons. The van der Waals surface area contributed by atoms with E-state index in [2.05, 4.69) is 15.3 Å². The third-order valence-electron chi connectivity index (χ3n) is 4.79. The van der Waals surface area contributed by atoms with Gasteiger partial charge in [-0.15, -0.1) is 11.3 Å². The minimum absolute atomic E-state index is 0.0622. The molecule has 0 aliphatic carbocycles. The first-order valence-corrected chi connectivity index (χ1v) is 9.83. The zero-order chi connectivity index (χ0) is 19.8. The lowest BCUT2D eigenvalue weighted by Crippen LogP contribution is -2.32. The van der Waals surface area contributed by atoms with Crippen molar-refractivity contribution in [3.63, 3.8) is 0 Å². The van der Waals surface area contributed by atoms with Gasteiger partial charge in [0.05, 0.1) is 11.8 Å². The lowest BCUT2D eigenvalue weighted by molar-refractivity contribution is -0.121. The molecular weight excluding hydrogens is 372 g/mol. The van der Waals surface area contributed by atoms with Crippen LogP contribution in [0.3, 0.4) is 0 Å². The molecule has 1 amide bonds. The average Bonchev–Trinajstić information content (AvgIpc) is 3.03. The number of nitrogens with one attached hydrogen (secondary N) is 1. The topological polar surface area (TPSA) is 76.9 Å². The van der Waals surface area contributed by atoms with Crippen LogP contribution in [0.15, 0.2) is 41.5 Å². The van der Waals surface area contributed by atoms with Gasteiger partial charge in [-0.3, -0.25) is 14.2 Å². The largest absolute Gasteiger partial charge is 0.350 e. The molecule has 0 atom stereocenters. The summed E-state index contributed by atoms with van der Waals surface area (Å²) in [5.41, 5.74) is 4.58. The quantitative estimate of drug-likeness (QED) is 0.578. The van der Waals surface area contributed by atoms with Crippen molar-refractivity contribution in [2.24, 2.45) is 0 Å². The van der Waals surface area contributed by atoms with Gasteiger partial charge in [-0.05, 0) is 43.5 Å². The Hall–Kier alpha value is -3.06. The molecule has 0 radical (unpaired) electrons. The van der Waals surface area contributed by atoms with Crippen LogP contribution in [0, 0.1) is 20.8 Å². The minimum Gasteiger partial charge on any atom is -0.350 e. The number of fused-ring (bicyclic) bond motifs is 3. The van der Waals surface area contributed by atoms with Crippen molar-refractivity contribution in [1.29, 1.82) is 0 Å². The lowest BCUT2D eigenvalue weighted by atomic mass is 10.1. The van der Waals surface area contributed by atoms with E-state index in [4.69, 9.17) is 0 Å². The summed E-state index contributed by atoms with van der Waals surface area (Å²) in [6, 6.07) is 9.87. The number of thiophene rings is 1. The highest BCUT2D eigenvalue weighted by Crippen LogP contribution is 2.31. The number of aryl methyl sites for hydroxylation is 3. The fraction of sp³-hybridized carbons (Fsp3) is 0.238. The van der Waals surface area contributed by atoms with E-state index in [0.29, 0.717) is 16.8 Å². The summed E-state index contributed by atoms with van der Waals surface area (Å²) in [6.07, 6.45) is 1.45. The van der Waals surface area contributed by atoms with Crippen LogP contribution in [-0.2, 0) is 17.9 Å². The molecule has 0 spiro atoms. The molecule has 0 saturated heterocycles. The fourth-order valence-corrected chi connectivity index (χ4v) is 4.53. The summed E-state index contributed by atoms with van der Waals surface area (Å²) in [5.74, 6) is -0.224. The Balaban J connectivity index is 1.61. The van der Waals surface area contributed by atoms with Crippen molar-refractivity contribution in [2.45, 2.75) is 33.9 Å². The van der Waals surface area contributed by atoms with Crippen LogP contribution in [-0.4, -0.2) is 20.4 Å². The first-order chi connectivity index (χ1) is 13.4. The monoisotopic (exact) mass is 392 g/mol. The third kappa shape index (κ3) is 3.29. The molecule has 3 heterocycles. The molecule has 28 heavy (non-hydrogen) atoms. The number of amides is 1. The van der Waals surface area contributed by atoms with Crippen LogP contribution >= 0.6 is 11.3 Å². The van der Waals surface area contributed by atoms with Crippen molar-refractivity contribution < 1.29 is 4.79 Å². The van der Waals surface area contributed by atoms with Crippen LogP contribution in [0.4, 0.5) is 0 Å². The first-order valence-electron chi connectivity index (χ1n) is 9.01. The number of pyridine rings is 1. The van der Waals surface area contributed by atoms with Gasteiger partial charge in [0.2, 0.25) is 5.91 Å². The van der Waals surface area contributed by atoms with Crippen molar-refractivity contribution in [2.75, 3.05) is 0 Å². The average molecular weight is 392 g/mol. The second kappa shape index (κ2) is 7.16. The Morgan fingerprint density at radius 1 is 1.18 bits per heavy atom. The maximum Gasteiger partial charge on any atom is 0.271 e. The molecule has 7 heteroatoms. The molecule has 4 rings (SSSR count).